The van der Waals surface area contributed by atoms with Gasteiger partial charge < -0.3 is 24.8 Å². The molecule has 4 rings (SSSR count). The average Bonchev–Trinajstić information content (AvgIpc) is 3.32. The van der Waals surface area contributed by atoms with Crippen LogP contribution >= 0.6 is 0 Å². The van der Waals surface area contributed by atoms with Crippen molar-refractivity contribution in [2.24, 2.45) is 0 Å². The van der Waals surface area contributed by atoms with E-state index in [0.717, 1.165) is 22.3 Å². The molecule has 2 aliphatic rings. The number of aliphatic carboxylic acids is 1. The lowest BCUT2D eigenvalue weighted by Gasteiger charge is -2.30. The molecule has 1 heterocycles. The van der Waals surface area contributed by atoms with E-state index in [0.29, 0.717) is 0 Å². The van der Waals surface area contributed by atoms with Crippen molar-refractivity contribution in [3.63, 3.8) is 0 Å². The number of nitrogens with zero attached hydrogens (tertiary/aromatic N) is 1. The molecular formula is C24H26N2O6. The standard InChI is InChI=1S/C24H26N2O6/c1-24(22(28)29)11-15(31-2)13-26(24)21(27)12-25-23(30)32-14-20-18-9-5-3-7-16(18)17-8-4-6-10-19(17)20/h3-10,15,20H,11-14H2,1-2H3,(H,25,30)(H,28,29). The number of fused-ring (bicyclic) bond motifs is 3. The average molecular weight is 438 g/mol. The Kier molecular flexibility index (Phi) is 5.88. The third-order valence-corrected chi connectivity index (χ3v) is 6.43. The molecule has 2 unspecified atom stereocenters. The van der Waals surface area contributed by atoms with E-state index >= 15 is 0 Å². The van der Waals surface area contributed by atoms with E-state index in [1.807, 2.05) is 36.4 Å². The quantitative estimate of drug-likeness (QED) is 0.718. The maximum Gasteiger partial charge on any atom is 0.407 e. The summed E-state index contributed by atoms with van der Waals surface area (Å²) in [4.78, 5) is 37.9. The minimum Gasteiger partial charge on any atom is -0.480 e. The number of ether oxygens (including phenoxy) is 2. The number of amides is 2. The van der Waals surface area contributed by atoms with Gasteiger partial charge in [-0.15, -0.1) is 0 Å². The van der Waals surface area contributed by atoms with Crippen molar-refractivity contribution in [2.45, 2.75) is 30.9 Å². The van der Waals surface area contributed by atoms with Gasteiger partial charge in [-0.1, -0.05) is 48.5 Å². The van der Waals surface area contributed by atoms with Crippen molar-refractivity contribution in [2.75, 3.05) is 26.8 Å². The highest BCUT2D eigenvalue weighted by atomic mass is 16.5. The maximum atomic E-state index is 12.7. The van der Waals surface area contributed by atoms with Gasteiger partial charge in [0.1, 0.15) is 18.7 Å². The smallest absolute Gasteiger partial charge is 0.407 e. The van der Waals surface area contributed by atoms with Crippen LogP contribution in [0.5, 0.6) is 0 Å². The number of carboxylic acids is 1. The summed E-state index contributed by atoms with van der Waals surface area (Å²) in [5.74, 6) is -1.69. The molecule has 2 amide bonds. The summed E-state index contributed by atoms with van der Waals surface area (Å²) in [7, 11) is 1.48. The van der Waals surface area contributed by atoms with Gasteiger partial charge in [0, 0.05) is 26.0 Å². The predicted molar refractivity (Wildman–Crippen MR) is 116 cm³/mol. The highest BCUT2D eigenvalue weighted by molar-refractivity contribution is 5.90. The van der Waals surface area contributed by atoms with Gasteiger partial charge in [0.15, 0.2) is 0 Å². The molecule has 32 heavy (non-hydrogen) atoms. The molecule has 2 N–H and O–H groups in total. The zero-order valence-corrected chi connectivity index (χ0v) is 18.0. The zero-order valence-electron chi connectivity index (χ0n) is 18.0. The van der Waals surface area contributed by atoms with Crippen LogP contribution in [0.15, 0.2) is 48.5 Å². The first kappa shape index (κ1) is 21.8. The minimum atomic E-state index is -1.37. The summed E-state index contributed by atoms with van der Waals surface area (Å²) in [6.07, 6.45) is -0.899. The topological polar surface area (TPSA) is 105 Å². The Morgan fingerprint density at radius 3 is 2.25 bits per heavy atom. The molecule has 1 aliphatic carbocycles. The van der Waals surface area contributed by atoms with E-state index in [9.17, 15) is 19.5 Å². The number of rotatable bonds is 6. The first-order valence-electron chi connectivity index (χ1n) is 10.5. The number of likely N-dealkylation sites (tertiary alicyclic amines) is 1. The maximum absolute atomic E-state index is 12.7. The summed E-state index contributed by atoms with van der Waals surface area (Å²) in [6, 6.07) is 16.0. The number of nitrogens with one attached hydrogen (secondary N) is 1. The molecule has 0 saturated carbocycles. The number of benzene rings is 2. The van der Waals surface area contributed by atoms with E-state index in [2.05, 4.69) is 17.4 Å². The van der Waals surface area contributed by atoms with Crippen LogP contribution < -0.4 is 5.32 Å². The third-order valence-electron chi connectivity index (χ3n) is 6.43. The Morgan fingerprint density at radius 2 is 1.69 bits per heavy atom. The predicted octanol–water partition coefficient (Wildman–Crippen LogP) is 2.62. The molecule has 2 atom stereocenters. The summed E-state index contributed by atoms with van der Waals surface area (Å²) in [5, 5.41) is 12.0. The summed E-state index contributed by atoms with van der Waals surface area (Å²) >= 11 is 0. The largest absolute Gasteiger partial charge is 0.480 e. The van der Waals surface area contributed by atoms with Gasteiger partial charge in [0.2, 0.25) is 5.91 Å². The highest BCUT2D eigenvalue weighted by Crippen LogP contribution is 2.44. The molecule has 0 bridgehead atoms. The number of carbonyl (C=O) groups excluding carboxylic acids is 2. The van der Waals surface area contributed by atoms with E-state index in [1.54, 1.807) is 0 Å². The Labute approximate surface area is 186 Å². The van der Waals surface area contributed by atoms with Crippen molar-refractivity contribution in [1.82, 2.24) is 10.2 Å². The first-order chi connectivity index (χ1) is 15.3. The van der Waals surface area contributed by atoms with Crippen LogP contribution in [0.25, 0.3) is 11.1 Å². The van der Waals surface area contributed by atoms with Crippen LogP contribution in [0.1, 0.15) is 30.4 Å². The molecule has 1 saturated heterocycles. The van der Waals surface area contributed by atoms with E-state index in [1.165, 1.54) is 18.9 Å². The van der Waals surface area contributed by atoms with Gasteiger partial charge in [-0.25, -0.2) is 9.59 Å². The van der Waals surface area contributed by atoms with Crippen molar-refractivity contribution in [3.05, 3.63) is 59.7 Å². The summed E-state index contributed by atoms with van der Waals surface area (Å²) in [5.41, 5.74) is 3.07. The third kappa shape index (κ3) is 3.82. The molecule has 8 heteroatoms. The summed E-state index contributed by atoms with van der Waals surface area (Å²) in [6.45, 7) is 1.43. The molecule has 1 aliphatic heterocycles. The van der Waals surface area contributed by atoms with Crippen molar-refractivity contribution >= 4 is 18.0 Å². The lowest BCUT2D eigenvalue weighted by atomic mass is 9.98. The minimum absolute atomic E-state index is 0.0832. The molecule has 2 aromatic rings. The molecule has 1 fully saturated rings. The summed E-state index contributed by atoms with van der Waals surface area (Å²) < 4.78 is 10.7. The number of hydrogen-bond acceptors (Lipinski definition) is 5. The van der Waals surface area contributed by atoms with Crippen LogP contribution in [-0.2, 0) is 19.1 Å². The van der Waals surface area contributed by atoms with E-state index in [-0.39, 0.29) is 38.1 Å². The molecular weight excluding hydrogens is 412 g/mol. The molecule has 2 aromatic carbocycles. The first-order valence-corrected chi connectivity index (χ1v) is 10.5. The van der Waals surface area contributed by atoms with Crippen LogP contribution in [-0.4, -0.2) is 66.4 Å². The lowest BCUT2D eigenvalue weighted by molar-refractivity contribution is -0.154. The monoisotopic (exact) mass is 438 g/mol. The second kappa shape index (κ2) is 8.63. The Morgan fingerprint density at radius 1 is 1.09 bits per heavy atom. The molecule has 168 valence electrons. The van der Waals surface area contributed by atoms with Crippen molar-refractivity contribution < 1.29 is 29.0 Å². The Bertz CT molecular complexity index is 1010. The van der Waals surface area contributed by atoms with Gasteiger partial charge >= 0.3 is 12.1 Å². The number of carboxylic acid groups (broad SMARTS) is 1. The van der Waals surface area contributed by atoms with Gasteiger partial charge in [-0.3, -0.25) is 4.79 Å². The van der Waals surface area contributed by atoms with Crippen molar-refractivity contribution in [3.8, 4) is 11.1 Å². The SMILES string of the molecule is COC1CN(C(=O)CNC(=O)OCC2c3ccccc3-c3ccccc32)C(C)(C(=O)O)C1. The van der Waals surface area contributed by atoms with Gasteiger partial charge in [-0.2, -0.15) is 0 Å². The van der Waals surface area contributed by atoms with Gasteiger partial charge in [0.25, 0.3) is 0 Å². The lowest BCUT2D eigenvalue weighted by Crippen LogP contribution is -2.53. The fourth-order valence-corrected chi connectivity index (χ4v) is 4.65. The fraction of sp³-hybridized carbons (Fsp3) is 0.375. The molecule has 0 aromatic heterocycles. The van der Waals surface area contributed by atoms with Crippen LogP contribution in [0, 0.1) is 0 Å². The second-order valence-corrected chi connectivity index (χ2v) is 8.32. The second-order valence-electron chi connectivity index (χ2n) is 8.32. The van der Waals surface area contributed by atoms with Crippen LogP contribution in [0.4, 0.5) is 4.79 Å². The molecule has 0 spiro atoms. The molecule has 8 nitrogen and oxygen atoms in total. The Hall–Kier alpha value is -3.39. The number of carbonyl (C=O) groups is 3. The van der Waals surface area contributed by atoms with Gasteiger partial charge in [0.05, 0.1) is 6.10 Å². The number of hydrogen-bond donors (Lipinski definition) is 2. The van der Waals surface area contributed by atoms with E-state index < -0.39 is 23.5 Å². The Balaban J connectivity index is 1.36. The highest BCUT2D eigenvalue weighted by Gasteiger charge is 2.50. The van der Waals surface area contributed by atoms with Crippen LogP contribution in [0.2, 0.25) is 0 Å². The number of alkyl carbamates (subject to hydrolysis) is 1. The van der Waals surface area contributed by atoms with Crippen molar-refractivity contribution in [1.29, 1.82) is 0 Å². The zero-order chi connectivity index (χ0) is 22.9. The van der Waals surface area contributed by atoms with E-state index in [4.69, 9.17) is 9.47 Å². The molecule has 0 radical (unpaired) electrons. The van der Waals surface area contributed by atoms with Gasteiger partial charge in [-0.05, 0) is 29.2 Å². The number of methoxy groups -OCH3 is 1. The fourth-order valence-electron chi connectivity index (χ4n) is 4.65. The van der Waals surface area contributed by atoms with Crippen LogP contribution in [0.3, 0.4) is 0 Å². The normalized spacial score (nSPS) is 21.7.